The van der Waals surface area contributed by atoms with Crippen LogP contribution in [0.4, 0.5) is 13.2 Å². The fourth-order valence-corrected chi connectivity index (χ4v) is 1.48. The molecule has 0 saturated heterocycles. The first-order valence-corrected chi connectivity index (χ1v) is 5.50. The fraction of sp³-hybridized carbons (Fsp3) is 0.417. The molecule has 0 amide bonds. The quantitative estimate of drug-likeness (QED) is 0.842. The first kappa shape index (κ1) is 14.0. The fourth-order valence-electron chi connectivity index (χ4n) is 1.41. The van der Waals surface area contributed by atoms with E-state index in [9.17, 15) is 13.2 Å². The van der Waals surface area contributed by atoms with E-state index >= 15 is 0 Å². The van der Waals surface area contributed by atoms with Gasteiger partial charge in [0.1, 0.15) is 0 Å². The van der Waals surface area contributed by atoms with Crippen molar-refractivity contribution in [3.05, 3.63) is 35.4 Å². The van der Waals surface area contributed by atoms with Gasteiger partial charge in [-0.15, -0.1) is 0 Å². The Balaban J connectivity index is 2.86. The largest absolute Gasteiger partial charge is 0.416 e. The molecule has 0 spiro atoms. The van der Waals surface area contributed by atoms with Crippen LogP contribution in [0.15, 0.2) is 24.3 Å². The van der Waals surface area contributed by atoms with E-state index in [-0.39, 0.29) is 0 Å². The maximum atomic E-state index is 12.3. The predicted molar refractivity (Wildman–Crippen MR) is 65.7 cm³/mol. The van der Waals surface area contributed by atoms with Crippen LogP contribution in [0.2, 0.25) is 0 Å². The Morgan fingerprint density at radius 3 is 2.00 bits per heavy atom. The molecule has 17 heavy (non-hydrogen) atoms. The van der Waals surface area contributed by atoms with Gasteiger partial charge in [0.15, 0.2) is 0 Å². The molecule has 0 saturated carbocycles. The summed E-state index contributed by atoms with van der Waals surface area (Å²) in [5.74, 6) is 0. The van der Waals surface area contributed by atoms with Crippen molar-refractivity contribution in [3.8, 4) is 0 Å². The molecule has 0 aliphatic rings. The topological polar surface area (TPSA) is 26.0 Å². The van der Waals surface area contributed by atoms with E-state index in [4.69, 9.17) is 18.0 Å². The lowest BCUT2D eigenvalue weighted by Crippen LogP contribution is -2.31. The number of nitrogens with two attached hydrogens (primary N) is 1. The van der Waals surface area contributed by atoms with Crippen LogP contribution in [0.3, 0.4) is 0 Å². The van der Waals surface area contributed by atoms with Gasteiger partial charge in [0.25, 0.3) is 0 Å². The number of thiocarbonyl (C=S) groups is 1. The van der Waals surface area contributed by atoms with Crippen LogP contribution in [-0.2, 0) is 12.6 Å². The third kappa shape index (κ3) is 3.70. The molecule has 5 heteroatoms. The number of alkyl halides is 3. The Kier molecular flexibility index (Phi) is 3.81. The minimum Gasteiger partial charge on any atom is -0.393 e. The Morgan fingerprint density at radius 1 is 1.18 bits per heavy atom. The van der Waals surface area contributed by atoms with Crippen molar-refractivity contribution in [3.63, 3.8) is 0 Å². The molecule has 2 N–H and O–H groups in total. The smallest absolute Gasteiger partial charge is 0.393 e. The van der Waals surface area contributed by atoms with Gasteiger partial charge in [-0.2, -0.15) is 13.2 Å². The molecule has 0 atom stereocenters. The average molecular weight is 261 g/mol. The summed E-state index contributed by atoms with van der Waals surface area (Å²) in [6.45, 7) is 3.74. The highest BCUT2D eigenvalue weighted by molar-refractivity contribution is 7.80. The van der Waals surface area contributed by atoms with Crippen molar-refractivity contribution < 1.29 is 13.2 Å². The number of rotatable bonds is 3. The molecule has 1 aromatic rings. The maximum Gasteiger partial charge on any atom is 0.416 e. The van der Waals surface area contributed by atoms with E-state index in [1.807, 2.05) is 13.8 Å². The number of halogens is 3. The van der Waals surface area contributed by atoms with Crippen LogP contribution in [-0.4, -0.2) is 4.99 Å². The Hall–Kier alpha value is -1.10. The molecule has 0 radical (unpaired) electrons. The van der Waals surface area contributed by atoms with Crippen LogP contribution in [0.25, 0.3) is 0 Å². The standard InChI is InChI=1S/C12H14F3NS/c1-11(2,10(16)17)7-8-3-5-9(6-4-8)12(13,14)15/h3-6H,7H2,1-2H3,(H2,16,17). The van der Waals surface area contributed by atoms with Gasteiger partial charge in [0.2, 0.25) is 0 Å². The van der Waals surface area contributed by atoms with E-state index in [1.54, 1.807) is 0 Å². The van der Waals surface area contributed by atoms with Gasteiger partial charge in [-0.05, 0) is 24.1 Å². The van der Waals surface area contributed by atoms with Gasteiger partial charge < -0.3 is 5.73 Å². The highest BCUT2D eigenvalue weighted by Crippen LogP contribution is 2.30. The second-order valence-corrected chi connectivity index (χ2v) is 5.06. The Labute approximate surface area is 104 Å². The van der Waals surface area contributed by atoms with Crippen molar-refractivity contribution in [1.29, 1.82) is 0 Å². The molecule has 1 rings (SSSR count). The van der Waals surface area contributed by atoms with Gasteiger partial charge in [-0.1, -0.05) is 38.2 Å². The summed E-state index contributed by atoms with van der Waals surface area (Å²) in [4.78, 5) is 0.359. The highest BCUT2D eigenvalue weighted by Gasteiger charge is 2.30. The second kappa shape index (κ2) is 4.64. The molecule has 0 aromatic heterocycles. The molecule has 0 fully saturated rings. The lowest BCUT2D eigenvalue weighted by molar-refractivity contribution is -0.137. The van der Waals surface area contributed by atoms with Crippen molar-refractivity contribution >= 4 is 17.2 Å². The predicted octanol–water partition coefficient (Wildman–Crippen LogP) is 3.56. The zero-order valence-corrected chi connectivity index (χ0v) is 10.5. The van der Waals surface area contributed by atoms with Crippen LogP contribution >= 0.6 is 12.2 Å². The third-order valence-electron chi connectivity index (χ3n) is 2.59. The van der Waals surface area contributed by atoms with Gasteiger partial charge in [0, 0.05) is 5.41 Å². The van der Waals surface area contributed by atoms with Gasteiger partial charge in [0.05, 0.1) is 10.6 Å². The van der Waals surface area contributed by atoms with Crippen LogP contribution in [0, 0.1) is 5.41 Å². The average Bonchev–Trinajstić information content (AvgIpc) is 2.16. The summed E-state index contributed by atoms with van der Waals surface area (Å²) >= 11 is 4.91. The zero-order valence-electron chi connectivity index (χ0n) is 9.64. The summed E-state index contributed by atoms with van der Waals surface area (Å²) in [7, 11) is 0. The van der Waals surface area contributed by atoms with Crippen LogP contribution < -0.4 is 5.73 Å². The molecular formula is C12H14F3NS. The third-order valence-corrected chi connectivity index (χ3v) is 3.15. The van der Waals surface area contributed by atoms with Crippen molar-refractivity contribution in [2.24, 2.45) is 11.1 Å². The van der Waals surface area contributed by atoms with Crippen LogP contribution in [0.1, 0.15) is 25.0 Å². The molecule has 0 heterocycles. The van der Waals surface area contributed by atoms with Gasteiger partial charge >= 0.3 is 6.18 Å². The second-order valence-electron chi connectivity index (χ2n) is 4.62. The number of benzene rings is 1. The molecular weight excluding hydrogens is 247 g/mol. The van der Waals surface area contributed by atoms with E-state index in [1.165, 1.54) is 12.1 Å². The van der Waals surface area contributed by atoms with Crippen molar-refractivity contribution in [2.75, 3.05) is 0 Å². The monoisotopic (exact) mass is 261 g/mol. The first-order chi connectivity index (χ1) is 7.63. The molecule has 0 bridgehead atoms. The molecule has 0 unspecified atom stereocenters. The highest BCUT2D eigenvalue weighted by atomic mass is 32.1. The molecule has 94 valence electrons. The minimum absolute atomic E-state index is 0.359. The van der Waals surface area contributed by atoms with Crippen LogP contribution in [0.5, 0.6) is 0 Å². The van der Waals surface area contributed by atoms with Crippen molar-refractivity contribution in [2.45, 2.75) is 26.4 Å². The zero-order chi connectivity index (χ0) is 13.3. The first-order valence-electron chi connectivity index (χ1n) is 5.09. The van der Waals surface area contributed by atoms with E-state index in [2.05, 4.69) is 0 Å². The molecule has 0 aliphatic heterocycles. The Morgan fingerprint density at radius 2 is 1.65 bits per heavy atom. The Bertz CT molecular complexity index is 407. The summed E-state index contributed by atoms with van der Waals surface area (Å²) in [5, 5.41) is 0. The number of hydrogen-bond acceptors (Lipinski definition) is 1. The summed E-state index contributed by atoms with van der Waals surface area (Å²) < 4.78 is 37.0. The van der Waals surface area contributed by atoms with Gasteiger partial charge in [-0.25, -0.2) is 0 Å². The minimum atomic E-state index is -4.29. The molecule has 0 aliphatic carbocycles. The molecule has 1 aromatic carbocycles. The summed E-state index contributed by atoms with van der Waals surface area (Å²) in [6.07, 6.45) is -3.77. The maximum absolute atomic E-state index is 12.3. The normalized spacial score (nSPS) is 12.5. The summed E-state index contributed by atoms with van der Waals surface area (Å²) in [5.41, 5.74) is 5.32. The number of hydrogen-bond donors (Lipinski definition) is 1. The lowest BCUT2D eigenvalue weighted by atomic mass is 9.85. The van der Waals surface area contributed by atoms with E-state index in [0.717, 1.165) is 17.7 Å². The van der Waals surface area contributed by atoms with E-state index in [0.29, 0.717) is 11.4 Å². The molecule has 1 nitrogen and oxygen atoms in total. The van der Waals surface area contributed by atoms with Gasteiger partial charge in [-0.3, -0.25) is 0 Å². The van der Waals surface area contributed by atoms with E-state index < -0.39 is 17.2 Å². The summed E-state index contributed by atoms with van der Waals surface area (Å²) in [6, 6.07) is 5.07. The lowest BCUT2D eigenvalue weighted by Gasteiger charge is -2.23. The SMILES string of the molecule is CC(C)(Cc1ccc(C(F)(F)F)cc1)C(N)=S. The van der Waals surface area contributed by atoms with Crippen molar-refractivity contribution in [1.82, 2.24) is 0 Å².